The molecule has 14 heteroatoms. The van der Waals surface area contributed by atoms with E-state index < -0.39 is 23.7 Å². The van der Waals surface area contributed by atoms with Crippen molar-refractivity contribution in [1.82, 2.24) is 35.4 Å². The molecular weight excluding hydrogens is 513 g/mol. The molecule has 1 unspecified atom stereocenters. The number of rotatable bonds is 6. The van der Waals surface area contributed by atoms with E-state index in [1.165, 1.54) is 18.5 Å². The number of hydrogen-bond donors (Lipinski definition) is 3. The predicted octanol–water partition coefficient (Wildman–Crippen LogP) is 5.31. The molecule has 0 aliphatic carbocycles. The van der Waals surface area contributed by atoms with Gasteiger partial charge in [0.2, 0.25) is 0 Å². The van der Waals surface area contributed by atoms with E-state index >= 15 is 0 Å². The second-order valence-corrected chi connectivity index (χ2v) is 8.25. The lowest BCUT2D eigenvalue weighted by molar-refractivity contribution is -0.137. The van der Waals surface area contributed by atoms with Crippen LogP contribution in [-0.2, 0) is 6.18 Å². The zero-order valence-corrected chi connectivity index (χ0v) is 19.6. The first kappa shape index (κ1) is 24.2. The molecule has 5 aromatic rings. The maximum absolute atomic E-state index is 13.0. The van der Waals surface area contributed by atoms with Crippen molar-refractivity contribution in [2.45, 2.75) is 19.1 Å². The Kier molecular flexibility index (Phi) is 6.21. The summed E-state index contributed by atoms with van der Waals surface area (Å²) < 4.78 is 44.3. The highest BCUT2D eigenvalue weighted by Gasteiger charge is 2.31. The van der Waals surface area contributed by atoms with Crippen LogP contribution in [0.4, 0.5) is 24.7 Å². The molecule has 0 radical (unpaired) electrons. The number of nitrogens with zero attached hydrogens (tertiary/aromatic N) is 5. The van der Waals surface area contributed by atoms with Gasteiger partial charge in [-0.1, -0.05) is 16.8 Å². The number of hydrogen-bond acceptors (Lipinski definition) is 8. The van der Waals surface area contributed by atoms with Gasteiger partial charge in [-0.05, 0) is 37.3 Å². The fraction of sp³-hybridized carbons (Fsp3) is 0.130. The minimum Gasteiger partial charge on any atom is -0.358 e. The summed E-state index contributed by atoms with van der Waals surface area (Å²) in [6.07, 6.45) is -0.100. The third-order valence-corrected chi connectivity index (χ3v) is 5.66. The summed E-state index contributed by atoms with van der Waals surface area (Å²) in [6, 6.07) is 7.47. The SMILES string of the molecule is CC(NC(=O)c1ncnc(Nc2ccncc2)c1Cl)c1cc(-c2nc3ccc(C(F)(F)F)cc3[nH]2)no1. The van der Waals surface area contributed by atoms with Gasteiger partial charge in [-0.2, -0.15) is 13.2 Å². The molecule has 0 saturated heterocycles. The van der Waals surface area contributed by atoms with Gasteiger partial charge in [0, 0.05) is 24.1 Å². The average molecular weight is 529 g/mol. The number of benzene rings is 1. The number of pyridine rings is 1. The molecule has 1 atom stereocenters. The fourth-order valence-electron chi connectivity index (χ4n) is 3.44. The summed E-state index contributed by atoms with van der Waals surface area (Å²) in [7, 11) is 0. The number of imidazole rings is 1. The van der Waals surface area contributed by atoms with E-state index in [2.05, 4.69) is 40.7 Å². The summed E-state index contributed by atoms with van der Waals surface area (Å²) in [5.74, 6) is 0.147. The monoisotopic (exact) mass is 528 g/mol. The second-order valence-electron chi connectivity index (χ2n) is 7.87. The summed E-state index contributed by atoms with van der Waals surface area (Å²) in [6.45, 7) is 1.65. The van der Waals surface area contributed by atoms with Crippen LogP contribution < -0.4 is 10.6 Å². The van der Waals surface area contributed by atoms with Gasteiger partial charge in [0.25, 0.3) is 5.91 Å². The van der Waals surface area contributed by atoms with Crippen molar-refractivity contribution in [3.63, 3.8) is 0 Å². The number of aromatic nitrogens is 6. The number of halogens is 4. The quantitative estimate of drug-likeness (QED) is 0.270. The van der Waals surface area contributed by atoms with Gasteiger partial charge in [0.1, 0.15) is 17.0 Å². The Labute approximate surface area is 211 Å². The number of amides is 1. The van der Waals surface area contributed by atoms with Crippen molar-refractivity contribution in [2.24, 2.45) is 0 Å². The van der Waals surface area contributed by atoms with Crippen molar-refractivity contribution < 1.29 is 22.5 Å². The lowest BCUT2D eigenvalue weighted by Gasteiger charge is -2.12. The van der Waals surface area contributed by atoms with E-state index in [1.807, 2.05) is 0 Å². The van der Waals surface area contributed by atoms with Crippen molar-refractivity contribution in [2.75, 3.05) is 5.32 Å². The highest BCUT2D eigenvalue weighted by atomic mass is 35.5. The molecule has 0 fully saturated rings. The Morgan fingerprint density at radius 2 is 1.92 bits per heavy atom. The molecular formula is C23H16ClF3N8O2. The van der Waals surface area contributed by atoms with Crippen LogP contribution >= 0.6 is 11.6 Å². The minimum absolute atomic E-state index is 0.0165. The van der Waals surface area contributed by atoms with Crippen LogP contribution in [-0.4, -0.2) is 36.0 Å². The van der Waals surface area contributed by atoms with E-state index in [0.29, 0.717) is 11.2 Å². The van der Waals surface area contributed by atoms with Crippen LogP contribution in [0.3, 0.4) is 0 Å². The Balaban J connectivity index is 1.31. The minimum atomic E-state index is -4.48. The smallest absolute Gasteiger partial charge is 0.358 e. The van der Waals surface area contributed by atoms with Crippen LogP contribution in [0.25, 0.3) is 22.6 Å². The van der Waals surface area contributed by atoms with Crippen LogP contribution in [0.5, 0.6) is 0 Å². The van der Waals surface area contributed by atoms with Crippen LogP contribution in [0.2, 0.25) is 5.02 Å². The van der Waals surface area contributed by atoms with Gasteiger partial charge in [0.05, 0.1) is 22.6 Å². The summed E-state index contributed by atoms with van der Waals surface area (Å²) in [5.41, 5.74) is 0.607. The Morgan fingerprint density at radius 1 is 1.14 bits per heavy atom. The van der Waals surface area contributed by atoms with Crippen molar-refractivity contribution >= 4 is 40.0 Å². The van der Waals surface area contributed by atoms with Crippen LogP contribution in [0.15, 0.2) is 59.6 Å². The maximum Gasteiger partial charge on any atom is 0.416 e. The average Bonchev–Trinajstić information content (AvgIpc) is 3.52. The second kappa shape index (κ2) is 9.50. The molecule has 188 valence electrons. The Morgan fingerprint density at radius 3 is 2.68 bits per heavy atom. The lowest BCUT2D eigenvalue weighted by atomic mass is 10.2. The summed E-state index contributed by atoms with van der Waals surface area (Å²) in [4.78, 5) is 31.9. The number of aromatic amines is 1. The van der Waals surface area contributed by atoms with Crippen LogP contribution in [0, 0.1) is 0 Å². The molecule has 1 amide bonds. The van der Waals surface area contributed by atoms with Gasteiger partial charge >= 0.3 is 6.18 Å². The number of nitrogens with one attached hydrogen (secondary N) is 3. The fourth-order valence-corrected chi connectivity index (χ4v) is 3.67. The number of fused-ring (bicyclic) bond motifs is 1. The molecule has 0 aliphatic heterocycles. The standard InChI is InChI=1S/C23H16ClF3N8O2/c1-11(31-22(36)19-18(24)21(30-10-29-19)32-13-4-6-28-7-5-13)17-9-16(35-37-17)20-33-14-3-2-12(23(25,26)27)8-15(14)34-20/h2-11H,1H3,(H,31,36)(H,33,34)(H,28,29,30,32). The number of alkyl halides is 3. The number of carbonyl (C=O) groups is 1. The molecule has 10 nitrogen and oxygen atoms in total. The highest BCUT2D eigenvalue weighted by molar-refractivity contribution is 6.35. The molecule has 5 rings (SSSR count). The summed E-state index contributed by atoms with van der Waals surface area (Å²) >= 11 is 6.36. The van der Waals surface area contributed by atoms with Crippen LogP contribution in [0.1, 0.15) is 34.8 Å². The first-order chi connectivity index (χ1) is 17.7. The third-order valence-electron chi connectivity index (χ3n) is 5.30. The molecule has 4 aromatic heterocycles. The number of anilines is 2. The third kappa shape index (κ3) is 5.07. The van der Waals surface area contributed by atoms with Gasteiger partial charge in [-0.25, -0.2) is 15.0 Å². The van der Waals surface area contributed by atoms with Gasteiger partial charge < -0.3 is 20.1 Å². The maximum atomic E-state index is 13.0. The van der Waals surface area contributed by atoms with E-state index in [4.69, 9.17) is 16.1 Å². The topological polar surface area (TPSA) is 135 Å². The van der Waals surface area contributed by atoms with E-state index in [9.17, 15) is 18.0 Å². The van der Waals surface area contributed by atoms with Gasteiger partial charge in [0.15, 0.2) is 23.1 Å². The zero-order valence-electron chi connectivity index (χ0n) is 18.8. The lowest BCUT2D eigenvalue weighted by Crippen LogP contribution is -2.27. The van der Waals surface area contributed by atoms with Crippen molar-refractivity contribution in [3.05, 3.63) is 77.2 Å². The van der Waals surface area contributed by atoms with E-state index in [-0.39, 0.29) is 39.3 Å². The number of H-pyrrole nitrogens is 1. The van der Waals surface area contributed by atoms with Crippen molar-refractivity contribution in [1.29, 1.82) is 0 Å². The van der Waals surface area contributed by atoms with Crippen molar-refractivity contribution in [3.8, 4) is 11.5 Å². The molecule has 3 N–H and O–H groups in total. The normalized spacial score (nSPS) is 12.5. The molecule has 37 heavy (non-hydrogen) atoms. The Hall–Kier alpha value is -4.52. The number of carbonyl (C=O) groups excluding carboxylic acids is 1. The zero-order chi connectivity index (χ0) is 26.2. The molecule has 0 aliphatic rings. The summed E-state index contributed by atoms with van der Waals surface area (Å²) in [5, 5.41) is 9.65. The Bertz CT molecular complexity index is 1590. The van der Waals surface area contributed by atoms with Gasteiger partial charge in [-0.15, -0.1) is 0 Å². The molecule has 4 heterocycles. The van der Waals surface area contributed by atoms with E-state index in [0.717, 1.165) is 12.1 Å². The molecule has 0 spiro atoms. The molecule has 0 saturated carbocycles. The van der Waals surface area contributed by atoms with Gasteiger partial charge in [-0.3, -0.25) is 9.78 Å². The molecule has 0 bridgehead atoms. The largest absolute Gasteiger partial charge is 0.416 e. The molecule has 1 aromatic carbocycles. The first-order valence-electron chi connectivity index (χ1n) is 10.7. The van der Waals surface area contributed by atoms with E-state index in [1.54, 1.807) is 31.5 Å². The highest BCUT2D eigenvalue weighted by Crippen LogP contribution is 2.32. The predicted molar refractivity (Wildman–Crippen MR) is 127 cm³/mol. The first-order valence-corrected chi connectivity index (χ1v) is 11.1.